The lowest BCUT2D eigenvalue weighted by atomic mass is 10.0. The highest BCUT2D eigenvalue weighted by molar-refractivity contribution is 7.27. The second-order valence-corrected chi connectivity index (χ2v) is 16.0. The molecule has 0 atom stereocenters. The Balaban J connectivity index is 1.04. The van der Waals surface area contributed by atoms with Gasteiger partial charge in [0.15, 0.2) is 17.5 Å². The van der Waals surface area contributed by atoms with Crippen molar-refractivity contribution >= 4 is 94.5 Å². The molecule has 11 rings (SSSR count). The molecule has 0 amide bonds. The molecule has 0 saturated carbocycles. The Bertz CT molecular complexity index is 3150. The van der Waals surface area contributed by atoms with Crippen molar-refractivity contribution in [3.8, 4) is 45.3 Å². The number of thiophene rings is 3. The van der Waals surface area contributed by atoms with E-state index in [0.29, 0.717) is 17.5 Å². The highest BCUT2D eigenvalue weighted by atomic mass is 32.1. The van der Waals surface area contributed by atoms with Gasteiger partial charge in [0.05, 0.1) is 0 Å². The zero-order valence-corrected chi connectivity index (χ0v) is 29.4. The quantitative estimate of drug-likeness (QED) is 0.183. The van der Waals surface area contributed by atoms with Crippen LogP contribution in [0.5, 0.6) is 0 Å². The van der Waals surface area contributed by atoms with Gasteiger partial charge in [-0.05, 0) is 47.5 Å². The summed E-state index contributed by atoms with van der Waals surface area (Å²) in [5.41, 5.74) is 5.46. The lowest BCUT2D eigenvalue weighted by Gasteiger charge is -2.09. The van der Waals surface area contributed by atoms with Crippen molar-refractivity contribution in [2.75, 3.05) is 0 Å². The molecule has 6 heteroatoms. The molecule has 4 aromatic heterocycles. The molecule has 0 N–H and O–H groups in total. The van der Waals surface area contributed by atoms with Gasteiger partial charge in [0.25, 0.3) is 0 Å². The summed E-state index contributed by atoms with van der Waals surface area (Å²) < 4.78 is 7.67. The van der Waals surface area contributed by atoms with Gasteiger partial charge in [0, 0.05) is 77.2 Å². The molecule has 3 nitrogen and oxygen atoms in total. The van der Waals surface area contributed by atoms with Crippen LogP contribution in [0.15, 0.2) is 152 Å². The van der Waals surface area contributed by atoms with E-state index < -0.39 is 0 Å². The molecule has 51 heavy (non-hydrogen) atoms. The first kappa shape index (κ1) is 29.0. The second kappa shape index (κ2) is 11.4. The average Bonchev–Trinajstić information content (AvgIpc) is 3.88. The molecule has 0 fully saturated rings. The molecule has 0 spiro atoms. The first-order valence-electron chi connectivity index (χ1n) is 16.8. The molecule has 0 aliphatic rings. The summed E-state index contributed by atoms with van der Waals surface area (Å²) in [7, 11) is 0. The van der Waals surface area contributed by atoms with Gasteiger partial charge in [-0.2, -0.15) is 0 Å². The molecular weight excluding hydrogens is 679 g/mol. The summed E-state index contributed by atoms with van der Waals surface area (Å²) in [6.45, 7) is 0. The third-order valence-corrected chi connectivity index (χ3v) is 13.2. The topological polar surface area (TPSA) is 38.7 Å². The fourth-order valence-corrected chi connectivity index (χ4v) is 10.8. The summed E-state index contributed by atoms with van der Waals surface area (Å²) in [6.07, 6.45) is 0. The lowest BCUT2D eigenvalue weighted by molar-refractivity contribution is 1.08. The van der Waals surface area contributed by atoms with Crippen LogP contribution in [0, 0.1) is 0 Å². The summed E-state index contributed by atoms with van der Waals surface area (Å²) in [6, 6.07) is 54.3. The van der Waals surface area contributed by atoms with E-state index >= 15 is 0 Å². The number of rotatable bonds is 4. The Morgan fingerprint density at radius 2 is 0.804 bits per heavy atom. The van der Waals surface area contributed by atoms with Gasteiger partial charge in [-0.3, -0.25) is 0 Å². The first-order chi connectivity index (χ1) is 25.2. The van der Waals surface area contributed by atoms with Gasteiger partial charge >= 0.3 is 0 Å². The van der Waals surface area contributed by atoms with Crippen LogP contribution >= 0.6 is 34.0 Å². The fourth-order valence-electron chi connectivity index (χ4n) is 7.27. The molecule has 0 bridgehead atoms. The summed E-state index contributed by atoms with van der Waals surface area (Å²) >= 11 is 5.50. The average molecular weight is 704 g/mol. The third kappa shape index (κ3) is 4.72. The van der Waals surface area contributed by atoms with Crippen LogP contribution in [-0.4, -0.2) is 15.0 Å². The zero-order valence-electron chi connectivity index (χ0n) is 27.0. The Labute approximate surface area is 304 Å². The number of hydrogen-bond acceptors (Lipinski definition) is 6. The van der Waals surface area contributed by atoms with Crippen molar-refractivity contribution in [3.05, 3.63) is 152 Å². The smallest absolute Gasteiger partial charge is 0.164 e. The molecule has 0 unspecified atom stereocenters. The molecule has 0 aliphatic carbocycles. The van der Waals surface area contributed by atoms with Crippen LogP contribution in [0.2, 0.25) is 0 Å². The van der Waals surface area contributed by atoms with E-state index in [1.54, 1.807) is 11.3 Å². The van der Waals surface area contributed by atoms with Gasteiger partial charge in [-0.25, -0.2) is 15.0 Å². The van der Waals surface area contributed by atoms with Crippen LogP contribution < -0.4 is 0 Å². The Morgan fingerprint density at radius 3 is 1.51 bits per heavy atom. The minimum absolute atomic E-state index is 0.670. The maximum absolute atomic E-state index is 5.11. The maximum Gasteiger partial charge on any atom is 0.164 e. The van der Waals surface area contributed by atoms with E-state index in [0.717, 1.165) is 16.7 Å². The molecule has 4 heterocycles. The number of nitrogens with zero attached hydrogens (tertiary/aromatic N) is 3. The Morgan fingerprint density at radius 1 is 0.294 bits per heavy atom. The van der Waals surface area contributed by atoms with Crippen LogP contribution in [0.25, 0.3) is 106 Å². The van der Waals surface area contributed by atoms with Gasteiger partial charge in [0.2, 0.25) is 0 Å². The molecule has 0 aliphatic heterocycles. The second-order valence-electron chi connectivity index (χ2n) is 12.8. The normalized spacial score (nSPS) is 11.9. The number of hydrogen-bond donors (Lipinski definition) is 0. The van der Waals surface area contributed by atoms with Crippen molar-refractivity contribution in [1.29, 1.82) is 0 Å². The van der Waals surface area contributed by atoms with E-state index in [4.69, 9.17) is 15.0 Å². The van der Waals surface area contributed by atoms with E-state index in [2.05, 4.69) is 133 Å². The van der Waals surface area contributed by atoms with Crippen molar-refractivity contribution < 1.29 is 0 Å². The van der Waals surface area contributed by atoms with E-state index in [9.17, 15) is 0 Å². The predicted molar refractivity (Wildman–Crippen MR) is 220 cm³/mol. The third-order valence-electron chi connectivity index (χ3n) is 9.75. The van der Waals surface area contributed by atoms with Crippen molar-refractivity contribution in [2.24, 2.45) is 0 Å². The monoisotopic (exact) mass is 703 g/mol. The van der Waals surface area contributed by atoms with Crippen molar-refractivity contribution in [1.82, 2.24) is 15.0 Å². The molecule has 0 radical (unpaired) electrons. The highest BCUT2D eigenvalue weighted by Gasteiger charge is 2.17. The number of benzene rings is 7. The molecule has 11 aromatic rings. The minimum atomic E-state index is 0.670. The van der Waals surface area contributed by atoms with E-state index in [1.165, 1.54) is 71.6 Å². The molecule has 238 valence electrons. The summed E-state index contributed by atoms with van der Waals surface area (Å²) in [5, 5.41) is 7.71. The van der Waals surface area contributed by atoms with Gasteiger partial charge in [0.1, 0.15) is 0 Å². The van der Waals surface area contributed by atoms with E-state index in [-0.39, 0.29) is 0 Å². The lowest BCUT2D eigenvalue weighted by Crippen LogP contribution is -2.00. The highest BCUT2D eigenvalue weighted by Crippen LogP contribution is 2.43. The molecule has 0 saturated heterocycles. The number of aromatic nitrogens is 3. The predicted octanol–water partition coefficient (Wildman–Crippen LogP) is 13.6. The van der Waals surface area contributed by atoms with Crippen molar-refractivity contribution in [3.63, 3.8) is 0 Å². The molecular formula is C45H25N3S3. The first-order valence-corrected chi connectivity index (χ1v) is 19.3. The summed E-state index contributed by atoms with van der Waals surface area (Å²) in [5.74, 6) is 2.02. The Kier molecular flexibility index (Phi) is 6.46. The largest absolute Gasteiger partial charge is 0.208 e. The van der Waals surface area contributed by atoms with Crippen molar-refractivity contribution in [2.45, 2.75) is 0 Å². The molecule has 7 aromatic carbocycles. The van der Waals surface area contributed by atoms with Crippen LogP contribution in [0.4, 0.5) is 0 Å². The van der Waals surface area contributed by atoms with Crippen LogP contribution in [0.1, 0.15) is 0 Å². The maximum atomic E-state index is 5.11. The summed E-state index contributed by atoms with van der Waals surface area (Å²) in [4.78, 5) is 15.2. The van der Waals surface area contributed by atoms with E-state index in [1.807, 2.05) is 40.9 Å². The SMILES string of the molecule is c1ccc(-c2nc(-c3ccc4c(c3)sc3ccccc34)nc(-c3ccc4c(c3)sc3ccc(-c5cccc6c5sc5ccccc56)cc34)n2)cc1. The fraction of sp³-hybridized carbons (Fsp3) is 0. The van der Waals surface area contributed by atoms with Gasteiger partial charge in [-0.1, -0.05) is 115 Å². The standard InChI is InChI=1S/C45H25N3S3/c1-2-9-26(10-3-1)43-46-44(28-17-20-33-31-11-4-6-15-37(31)49-40(33)24-28)48-45(47-43)29-18-21-34-36-23-27(19-22-39(36)50-41(34)25-29)30-13-8-14-35-32-12-5-7-16-38(32)51-42(30)35/h1-25H. The van der Waals surface area contributed by atoms with Crippen LogP contribution in [0.3, 0.4) is 0 Å². The Hall–Kier alpha value is -5.79. The number of fused-ring (bicyclic) bond motifs is 9. The minimum Gasteiger partial charge on any atom is -0.208 e. The van der Waals surface area contributed by atoms with Crippen LogP contribution in [-0.2, 0) is 0 Å². The van der Waals surface area contributed by atoms with Gasteiger partial charge in [-0.15, -0.1) is 34.0 Å². The van der Waals surface area contributed by atoms with Gasteiger partial charge < -0.3 is 0 Å². The zero-order chi connectivity index (χ0) is 33.5.